The van der Waals surface area contributed by atoms with Crippen LogP contribution in [-0.2, 0) is 20.9 Å². The molecule has 4 rings (SSSR count). The molecule has 1 aliphatic rings. The van der Waals surface area contributed by atoms with Gasteiger partial charge in [-0.2, -0.15) is 0 Å². The normalized spacial score (nSPS) is 14.7. The molecule has 1 aliphatic carbocycles. The van der Waals surface area contributed by atoms with E-state index in [0.717, 1.165) is 23.7 Å². The number of carbonyl (C=O) groups excluding carboxylic acids is 2. The SMILES string of the molecule is O=C(CCn1ccc2ccccc21)O[C@H](C(=O)NC1CC1)c1ccccc1. The number of carbonyl (C=O) groups is 2. The monoisotopic (exact) mass is 362 g/mol. The Morgan fingerprint density at radius 1 is 1.04 bits per heavy atom. The summed E-state index contributed by atoms with van der Waals surface area (Å²) in [7, 11) is 0. The van der Waals surface area contributed by atoms with Gasteiger partial charge in [0, 0.05) is 29.9 Å². The maximum atomic E-state index is 12.5. The van der Waals surface area contributed by atoms with Crippen LogP contribution in [0, 0.1) is 0 Å². The van der Waals surface area contributed by atoms with E-state index in [1.807, 2.05) is 71.4 Å². The van der Waals surface area contributed by atoms with Crippen molar-refractivity contribution in [3.8, 4) is 0 Å². The fourth-order valence-corrected chi connectivity index (χ4v) is 3.14. The van der Waals surface area contributed by atoms with Gasteiger partial charge in [0.15, 0.2) is 0 Å². The molecule has 5 nitrogen and oxygen atoms in total. The number of hydrogen-bond donors (Lipinski definition) is 1. The van der Waals surface area contributed by atoms with Crippen molar-refractivity contribution in [2.24, 2.45) is 0 Å². The van der Waals surface area contributed by atoms with Crippen LogP contribution >= 0.6 is 0 Å². The standard InChI is InChI=1S/C22H22N2O3/c25-20(13-15-24-14-12-16-6-4-5-9-19(16)24)27-21(17-7-2-1-3-8-17)22(26)23-18-10-11-18/h1-9,12,14,18,21H,10-11,13,15H2,(H,23,26)/t21-/m0/s1. The number of ether oxygens (including phenoxy) is 1. The molecule has 1 heterocycles. The van der Waals surface area contributed by atoms with Crippen molar-refractivity contribution in [2.75, 3.05) is 0 Å². The first kappa shape index (κ1) is 17.3. The van der Waals surface area contributed by atoms with Crippen molar-refractivity contribution >= 4 is 22.8 Å². The number of benzene rings is 2. The molecule has 5 heteroatoms. The second kappa shape index (κ2) is 7.66. The fraction of sp³-hybridized carbons (Fsp3) is 0.273. The van der Waals surface area contributed by atoms with Crippen LogP contribution in [0.15, 0.2) is 66.9 Å². The lowest BCUT2D eigenvalue weighted by molar-refractivity contribution is -0.156. The highest BCUT2D eigenvalue weighted by atomic mass is 16.5. The van der Waals surface area contributed by atoms with Crippen LogP contribution in [0.1, 0.15) is 30.9 Å². The lowest BCUT2D eigenvalue weighted by atomic mass is 10.1. The molecular weight excluding hydrogens is 340 g/mol. The highest BCUT2D eigenvalue weighted by molar-refractivity contribution is 5.85. The molecule has 0 bridgehead atoms. The van der Waals surface area contributed by atoms with Gasteiger partial charge < -0.3 is 14.6 Å². The molecule has 3 aromatic rings. The van der Waals surface area contributed by atoms with E-state index in [0.29, 0.717) is 12.1 Å². The van der Waals surface area contributed by atoms with Crippen molar-refractivity contribution < 1.29 is 14.3 Å². The van der Waals surface area contributed by atoms with Gasteiger partial charge in [-0.3, -0.25) is 9.59 Å². The Morgan fingerprint density at radius 2 is 1.78 bits per heavy atom. The third-order valence-corrected chi connectivity index (χ3v) is 4.75. The predicted octanol–water partition coefficient (Wildman–Crippen LogP) is 3.59. The van der Waals surface area contributed by atoms with Gasteiger partial charge in [0.1, 0.15) is 0 Å². The van der Waals surface area contributed by atoms with Crippen molar-refractivity contribution in [2.45, 2.75) is 38.0 Å². The van der Waals surface area contributed by atoms with Crippen molar-refractivity contribution in [3.05, 3.63) is 72.4 Å². The molecule has 1 saturated carbocycles. The van der Waals surface area contributed by atoms with Gasteiger partial charge in [0.25, 0.3) is 5.91 Å². The highest BCUT2D eigenvalue weighted by Gasteiger charge is 2.30. The van der Waals surface area contributed by atoms with E-state index in [2.05, 4.69) is 5.32 Å². The first-order valence-electron chi connectivity index (χ1n) is 9.29. The van der Waals surface area contributed by atoms with E-state index in [1.165, 1.54) is 0 Å². The summed E-state index contributed by atoms with van der Waals surface area (Å²) in [5, 5.41) is 4.07. The minimum Gasteiger partial charge on any atom is -0.447 e. The summed E-state index contributed by atoms with van der Waals surface area (Å²) in [6.07, 6.45) is 3.25. The zero-order valence-corrected chi connectivity index (χ0v) is 15.0. The number of nitrogens with one attached hydrogen (secondary N) is 1. The minimum absolute atomic E-state index is 0.207. The third kappa shape index (κ3) is 4.19. The smallest absolute Gasteiger partial charge is 0.308 e. The topological polar surface area (TPSA) is 60.3 Å². The summed E-state index contributed by atoms with van der Waals surface area (Å²) in [4.78, 5) is 25.0. The molecule has 0 spiro atoms. The molecule has 1 N–H and O–H groups in total. The van der Waals surface area contributed by atoms with Gasteiger partial charge in [-0.05, 0) is 30.4 Å². The number of fused-ring (bicyclic) bond motifs is 1. The average Bonchev–Trinajstić information content (AvgIpc) is 3.41. The number of esters is 1. The number of nitrogens with zero attached hydrogens (tertiary/aromatic N) is 1. The lowest BCUT2D eigenvalue weighted by Gasteiger charge is -2.18. The average molecular weight is 362 g/mol. The van der Waals surface area contributed by atoms with E-state index in [-0.39, 0.29) is 24.3 Å². The van der Waals surface area contributed by atoms with Crippen LogP contribution in [0.4, 0.5) is 0 Å². The Labute approximate surface area is 157 Å². The second-order valence-corrected chi connectivity index (χ2v) is 6.88. The Hall–Kier alpha value is -3.08. The van der Waals surface area contributed by atoms with E-state index in [4.69, 9.17) is 4.74 Å². The summed E-state index contributed by atoms with van der Waals surface area (Å²) >= 11 is 0. The van der Waals surface area contributed by atoms with Crippen LogP contribution in [0.5, 0.6) is 0 Å². The van der Waals surface area contributed by atoms with Gasteiger partial charge in [-0.1, -0.05) is 48.5 Å². The van der Waals surface area contributed by atoms with E-state index < -0.39 is 6.10 Å². The number of aryl methyl sites for hydroxylation is 1. The molecule has 0 saturated heterocycles. The highest BCUT2D eigenvalue weighted by Crippen LogP contribution is 2.24. The molecule has 27 heavy (non-hydrogen) atoms. The summed E-state index contributed by atoms with van der Waals surface area (Å²) < 4.78 is 7.60. The number of amides is 1. The summed E-state index contributed by atoms with van der Waals surface area (Å²) in [6, 6.07) is 19.4. The molecule has 0 radical (unpaired) electrons. The maximum Gasteiger partial charge on any atom is 0.308 e. The largest absolute Gasteiger partial charge is 0.447 e. The zero-order chi connectivity index (χ0) is 18.6. The molecule has 138 valence electrons. The van der Waals surface area contributed by atoms with Gasteiger partial charge in [0.05, 0.1) is 6.42 Å². The molecule has 1 atom stereocenters. The van der Waals surface area contributed by atoms with Crippen LogP contribution in [0.3, 0.4) is 0 Å². The first-order chi connectivity index (χ1) is 13.2. The number of aromatic nitrogens is 1. The molecule has 1 amide bonds. The van der Waals surface area contributed by atoms with Crippen LogP contribution < -0.4 is 5.32 Å². The van der Waals surface area contributed by atoms with Gasteiger partial charge in [0.2, 0.25) is 6.10 Å². The fourth-order valence-electron chi connectivity index (χ4n) is 3.14. The molecule has 1 fully saturated rings. The predicted molar refractivity (Wildman–Crippen MR) is 103 cm³/mol. The summed E-state index contributed by atoms with van der Waals surface area (Å²) in [5.74, 6) is -0.629. The zero-order valence-electron chi connectivity index (χ0n) is 15.0. The Morgan fingerprint density at radius 3 is 2.56 bits per heavy atom. The molecule has 1 aromatic heterocycles. The Balaban J connectivity index is 1.42. The van der Waals surface area contributed by atoms with Gasteiger partial charge in [-0.25, -0.2) is 0 Å². The Kier molecular flexibility index (Phi) is 4.92. The third-order valence-electron chi connectivity index (χ3n) is 4.75. The lowest BCUT2D eigenvalue weighted by Crippen LogP contribution is -2.33. The van der Waals surface area contributed by atoms with E-state index in [9.17, 15) is 9.59 Å². The van der Waals surface area contributed by atoms with Crippen LogP contribution in [0.2, 0.25) is 0 Å². The first-order valence-corrected chi connectivity index (χ1v) is 9.29. The van der Waals surface area contributed by atoms with E-state index >= 15 is 0 Å². The van der Waals surface area contributed by atoms with Crippen molar-refractivity contribution in [1.82, 2.24) is 9.88 Å². The van der Waals surface area contributed by atoms with Gasteiger partial charge >= 0.3 is 5.97 Å². The maximum absolute atomic E-state index is 12.5. The molecule has 0 unspecified atom stereocenters. The summed E-state index contributed by atoms with van der Waals surface area (Å²) in [5.41, 5.74) is 1.77. The van der Waals surface area contributed by atoms with E-state index in [1.54, 1.807) is 0 Å². The number of hydrogen-bond acceptors (Lipinski definition) is 3. The number of rotatable bonds is 7. The van der Waals surface area contributed by atoms with Crippen molar-refractivity contribution in [3.63, 3.8) is 0 Å². The second-order valence-electron chi connectivity index (χ2n) is 6.88. The number of para-hydroxylation sites is 1. The van der Waals surface area contributed by atoms with Crippen molar-refractivity contribution in [1.29, 1.82) is 0 Å². The quantitative estimate of drug-likeness (QED) is 0.654. The molecule has 0 aliphatic heterocycles. The minimum atomic E-state index is -0.902. The molecule has 2 aromatic carbocycles. The van der Waals surface area contributed by atoms with Crippen LogP contribution in [0.25, 0.3) is 10.9 Å². The van der Waals surface area contributed by atoms with Gasteiger partial charge in [-0.15, -0.1) is 0 Å². The summed E-state index contributed by atoms with van der Waals surface area (Å²) in [6.45, 7) is 0.512. The molecular formula is C22H22N2O3. The van der Waals surface area contributed by atoms with Crippen LogP contribution in [-0.4, -0.2) is 22.5 Å². The Bertz CT molecular complexity index is 944.